The van der Waals surface area contributed by atoms with Crippen molar-refractivity contribution in [2.45, 2.75) is 13.1 Å². The van der Waals surface area contributed by atoms with E-state index in [9.17, 15) is 22.8 Å². The lowest BCUT2D eigenvalue weighted by atomic mass is 10.1. The third kappa shape index (κ3) is 4.07. The maximum absolute atomic E-state index is 13.1. The Bertz CT molecular complexity index is 844. The van der Waals surface area contributed by atoms with Gasteiger partial charge in [0, 0.05) is 32.4 Å². The molecule has 9 heteroatoms. The van der Waals surface area contributed by atoms with Gasteiger partial charge in [-0.25, -0.2) is 4.98 Å². The number of aryl methyl sites for hydroxylation is 1. The fourth-order valence-corrected chi connectivity index (χ4v) is 2.86. The Morgan fingerprint density at radius 3 is 2.07 bits per heavy atom. The average Bonchev–Trinajstić information content (AvgIpc) is 2.67. The SMILES string of the molecule is Cc1cnc(C(=O)N2CCN(C(=O)c3ccccc3C(F)(F)F)CC2)cn1. The maximum Gasteiger partial charge on any atom is 0.417 e. The number of rotatable bonds is 2. The summed E-state index contributed by atoms with van der Waals surface area (Å²) in [5.74, 6) is -1.00. The van der Waals surface area contributed by atoms with E-state index in [0.717, 1.165) is 6.07 Å². The fraction of sp³-hybridized carbons (Fsp3) is 0.333. The van der Waals surface area contributed by atoms with E-state index < -0.39 is 17.6 Å². The first-order valence-electron chi connectivity index (χ1n) is 8.31. The Morgan fingerprint density at radius 1 is 0.926 bits per heavy atom. The Hall–Kier alpha value is -2.97. The van der Waals surface area contributed by atoms with Crippen LogP contribution in [-0.2, 0) is 6.18 Å². The van der Waals surface area contributed by atoms with Gasteiger partial charge < -0.3 is 9.80 Å². The van der Waals surface area contributed by atoms with Crippen molar-refractivity contribution in [1.82, 2.24) is 19.8 Å². The summed E-state index contributed by atoms with van der Waals surface area (Å²) in [6, 6.07) is 4.71. The molecular weight excluding hydrogens is 361 g/mol. The zero-order valence-electron chi connectivity index (χ0n) is 14.5. The summed E-state index contributed by atoms with van der Waals surface area (Å²) in [5.41, 5.74) is -0.453. The summed E-state index contributed by atoms with van der Waals surface area (Å²) < 4.78 is 39.4. The van der Waals surface area contributed by atoms with Crippen LogP contribution in [0.2, 0.25) is 0 Å². The maximum atomic E-state index is 13.1. The molecule has 0 saturated carbocycles. The summed E-state index contributed by atoms with van der Waals surface area (Å²) in [6.45, 7) is 2.49. The number of carbonyl (C=O) groups excluding carboxylic acids is 2. The average molecular weight is 378 g/mol. The smallest absolute Gasteiger partial charge is 0.335 e. The Balaban J connectivity index is 1.68. The lowest BCUT2D eigenvalue weighted by molar-refractivity contribution is -0.138. The first kappa shape index (κ1) is 18.8. The molecule has 1 saturated heterocycles. The molecule has 0 aliphatic carbocycles. The molecule has 0 radical (unpaired) electrons. The summed E-state index contributed by atoms with van der Waals surface area (Å²) in [6.07, 6.45) is -1.73. The molecule has 2 aromatic rings. The normalized spacial score (nSPS) is 15.0. The summed E-state index contributed by atoms with van der Waals surface area (Å²) >= 11 is 0. The molecule has 0 atom stereocenters. The van der Waals surface area contributed by atoms with E-state index in [1.165, 1.54) is 40.4 Å². The first-order valence-corrected chi connectivity index (χ1v) is 8.31. The number of amides is 2. The number of piperazine rings is 1. The second-order valence-electron chi connectivity index (χ2n) is 6.17. The van der Waals surface area contributed by atoms with Crippen molar-refractivity contribution >= 4 is 11.8 Å². The summed E-state index contributed by atoms with van der Waals surface area (Å²) in [4.78, 5) is 35.9. The van der Waals surface area contributed by atoms with Gasteiger partial charge in [0.05, 0.1) is 23.0 Å². The minimum Gasteiger partial charge on any atom is -0.335 e. The number of hydrogen-bond donors (Lipinski definition) is 0. The molecule has 1 aliphatic rings. The van der Waals surface area contributed by atoms with E-state index in [2.05, 4.69) is 9.97 Å². The molecule has 3 rings (SSSR count). The molecule has 142 valence electrons. The monoisotopic (exact) mass is 378 g/mol. The van der Waals surface area contributed by atoms with Crippen LogP contribution in [0.4, 0.5) is 13.2 Å². The number of alkyl halides is 3. The number of carbonyl (C=O) groups is 2. The van der Waals surface area contributed by atoms with Gasteiger partial charge in [-0.15, -0.1) is 0 Å². The van der Waals surface area contributed by atoms with Gasteiger partial charge in [-0.2, -0.15) is 13.2 Å². The van der Waals surface area contributed by atoms with Crippen LogP contribution in [0.25, 0.3) is 0 Å². The van der Waals surface area contributed by atoms with Crippen molar-refractivity contribution < 1.29 is 22.8 Å². The second-order valence-corrected chi connectivity index (χ2v) is 6.17. The predicted octanol–water partition coefficient (Wildman–Crippen LogP) is 2.40. The number of halogens is 3. The highest BCUT2D eigenvalue weighted by atomic mass is 19.4. The molecule has 1 aromatic heterocycles. The number of hydrogen-bond acceptors (Lipinski definition) is 4. The third-order valence-electron chi connectivity index (χ3n) is 4.32. The van der Waals surface area contributed by atoms with Crippen LogP contribution >= 0.6 is 0 Å². The van der Waals surface area contributed by atoms with Gasteiger partial charge in [0.1, 0.15) is 5.69 Å². The molecule has 2 amide bonds. The van der Waals surface area contributed by atoms with E-state index in [-0.39, 0.29) is 43.3 Å². The standard InChI is InChI=1S/C18H17F3N4O2/c1-12-10-23-15(11-22-12)17(27)25-8-6-24(7-9-25)16(26)13-4-2-3-5-14(13)18(19,20)21/h2-5,10-11H,6-9H2,1H3. The van der Waals surface area contributed by atoms with Crippen molar-refractivity contribution in [2.75, 3.05) is 26.2 Å². The highest BCUT2D eigenvalue weighted by Crippen LogP contribution is 2.32. The van der Waals surface area contributed by atoms with Crippen LogP contribution in [0.3, 0.4) is 0 Å². The third-order valence-corrected chi connectivity index (χ3v) is 4.32. The quantitative estimate of drug-likeness (QED) is 0.805. The molecule has 0 spiro atoms. The van der Waals surface area contributed by atoms with Crippen LogP contribution < -0.4 is 0 Å². The fourth-order valence-electron chi connectivity index (χ4n) is 2.86. The van der Waals surface area contributed by atoms with E-state index in [0.29, 0.717) is 5.69 Å². The minimum absolute atomic E-state index is 0.149. The minimum atomic E-state index is -4.60. The largest absolute Gasteiger partial charge is 0.417 e. The topological polar surface area (TPSA) is 66.4 Å². The van der Waals surface area contributed by atoms with Crippen LogP contribution in [0.1, 0.15) is 32.1 Å². The Labute approximate surface area is 153 Å². The van der Waals surface area contributed by atoms with Crippen molar-refractivity contribution in [3.8, 4) is 0 Å². The zero-order valence-corrected chi connectivity index (χ0v) is 14.5. The van der Waals surface area contributed by atoms with Crippen molar-refractivity contribution in [3.05, 3.63) is 59.2 Å². The van der Waals surface area contributed by atoms with Crippen molar-refractivity contribution in [2.24, 2.45) is 0 Å². The van der Waals surface area contributed by atoms with Crippen LogP contribution in [0, 0.1) is 6.92 Å². The highest BCUT2D eigenvalue weighted by molar-refractivity contribution is 5.96. The molecule has 27 heavy (non-hydrogen) atoms. The lowest BCUT2D eigenvalue weighted by Gasteiger charge is -2.35. The highest BCUT2D eigenvalue weighted by Gasteiger charge is 2.36. The number of nitrogens with zero attached hydrogens (tertiary/aromatic N) is 4. The zero-order chi connectivity index (χ0) is 19.6. The predicted molar refractivity (Wildman–Crippen MR) is 90.0 cm³/mol. The van der Waals surface area contributed by atoms with Gasteiger partial charge >= 0.3 is 6.18 Å². The van der Waals surface area contributed by atoms with Gasteiger partial charge in [0.15, 0.2) is 0 Å². The Kier molecular flexibility index (Phi) is 5.11. The van der Waals surface area contributed by atoms with E-state index in [1.54, 1.807) is 6.92 Å². The summed E-state index contributed by atoms with van der Waals surface area (Å²) in [7, 11) is 0. The van der Waals surface area contributed by atoms with E-state index in [4.69, 9.17) is 0 Å². The van der Waals surface area contributed by atoms with E-state index >= 15 is 0 Å². The number of aromatic nitrogens is 2. The molecule has 1 aromatic carbocycles. The summed E-state index contributed by atoms with van der Waals surface area (Å²) in [5, 5.41) is 0. The van der Waals surface area contributed by atoms with E-state index in [1.807, 2.05) is 0 Å². The lowest BCUT2D eigenvalue weighted by Crippen LogP contribution is -2.51. The molecule has 0 bridgehead atoms. The molecule has 1 fully saturated rings. The second kappa shape index (κ2) is 7.34. The van der Waals surface area contributed by atoms with Crippen LogP contribution in [-0.4, -0.2) is 57.8 Å². The van der Waals surface area contributed by atoms with Crippen LogP contribution in [0.5, 0.6) is 0 Å². The van der Waals surface area contributed by atoms with Crippen molar-refractivity contribution in [1.29, 1.82) is 0 Å². The van der Waals surface area contributed by atoms with Gasteiger partial charge in [-0.3, -0.25) is 14.6 Å². The van der Waals surface area contributed by atoms with Gasteiger partial charge in [0.25, 0.3) is 11.8 Å². The Morgan fingerprint density at radius 2 is 1.52 bits per heavy atom. The molecule has 1 aliphatic heterocycles. The first-order chi connectivity index (χ1) is 12.8. The molecule has 0 unspecified atom stereocenters. The van der Waals surface area contributed by atoms with Gasteiger partial charge in [-0.1, -0.05) is 12.1 Å². The number of benzene rings is 1. The molecule has 2 heterocycles. The van der Waals surface area contributed by atoms with Crippen LogP contribution in [0.15, 0.2) is 36.7 Å². The van der Waals surface area contributed by atoms with Gasteiger partial charge in [0.2, 0.25) is 0 Å². The van der Waals surface area contributed by atoms with Crippen molar-refractivity contribution in [3.63, 3.8) is 0 Å². The molecular formula is C18H17F3N4O2. The molecule has 6 nitrogen and oxygen atoms in total. The molecule has 0 N–H and O–H groups in total. The van der Waals surface area contributed by atoms with Gasteiger partial charge in [-0.05, 0) is 19.1 Å².